The Morgan fingerprint density at radius 3 is 2.54 bits per heavy atom. The average Bonchev–Trinajstić information content (AvgIpc) is 2.87. The molecule has 24 heavy (non-hydrogen) atoms. The Hall–Kier alpha value is -1.27. The van der Waals surface area contributed by atoms with Crippen LogP contribution in [0.1, 0.15) is 43.7 Å². The molecule has 1 aromatic rings. The lowest BCUT2D eigenvalue weighted by Crippen LogP contribution is -2.35. The first-order valence-electron chi connectivity index (χ1n) is 7.89. The van der Waals surface area contributed by atoms with Crippen LogP contribution in [0.25, 0.3) is 0 Å². The number of hydrogen-bond acceptors (Lipinski definition) is 2. The molecule has 0 radical (unpaired) electrons. The summed E-state index contributed by atoms with van der Waals surface area (Å²) in [7, 11) is 0. The lowest BCUT2D eigenvalue weighted by atomic mass is 9.92. The summed E-state index contributed by atoms with van der Waals surface area (Å²) in [5.41, 5.74) is 5.17. The third-order valence-corrected chi connectivity index (χ3v) is 4.59. The number of alkyl halides is 3. The zero-order valence-electron chi connectivity index (χ0n) is 13.8. The molecule has 2 rings (SSSR count). The van der Waals surface area contributed by atoms with Gasteiger partial charge in [0.25, 0.3) is 0 Å². The van der Waals surface area contributed by atoms with E-state index in [2.05, 4.69) is 0 Å². The van der Waals surface area contributed by atoms with Crippen LogP contribution in [0.5, 0.6) is 0 Å². The number of rotatable bonds is 4. The van der Waals surface area contributed by atoms with Crippen LogP contribution in [-0.4, -0.2) is 29.9 Å². The van der Waals surface area contributed by atoms with Crippen molar-refractivity contribution in [3.8, 4) is 0 Å². The van der Waals surface area contributed by atoms with Crippen LogP contribution >= 0.6 is 12.4 Å². The molecule has 3 nitrogen and oxygen atoms in total. The number of benzene rings is 1. The highest BCUT2D eigenvalue weighted by Gasteiger charge is 2.36. The number of likely N-dealkylation sites (tertiary alicyclic amines) is 1. The lowest BCUT2D eigenvalue weighted by molar-refractivity contribution is -0.139. The zero-order valence-corrected chi connectivity index (χ0v) is 14.7. The minimum atomic E-state index is -4.40. The number of carbonyl (C=O) groups is 1. The Morgan fingerprint density at radius 2 is 2.00 bits per heavy atom. The normalized spacial score (nSPS) is 22.2. The predicted octanol–water partition coefficient (Wildman–Crippen LogP) is 3.82. The summed E-state index contributed by atoms with van der Waals surface area (Å²) in [6.45, 7) is 4.76. The number of halogens is 4. The van der Waals surface area contributed by atoms with E-state index in [0.29, 0.717) is 13.1 Å². The molecule has 3 unspecified atom stereocenters. The summed E-state index contributed by atoms with van der Waals surface area (Å²) >= 11 is 0. The van der Waals surface area contributed by atoms with Crippen LogP contribution in [0.4, 0.5) is 13.2 Å². The topological polar surface area (TPSA) is 46.3 Å². The maximum absolute atomic E-state index is 13.1. The first kappa shape index (κ1) is 20.8. The summed E-state index contributed by atoms with van der Waals surface area (Å²) in [6.07, 6.45) is -3.47. The third-order valence-electron chi connectivity index (χ3n) is 4.59. The number of nitrogens with two attached hydrogens (primary N) is 1. The van der Waals surface area contributed by atoms with Crippen molar-refractivity contribution in [3.63, 3.8) is 0 Å². The predicted molar refractivity (Wildman–Crippen MR) is 90.1 cm³/mol. The van der Waals surface area contributed by atoms with Gasteiger partial charge in [-0.3, -0.25) is 4.79 Å². The molecule has 0 aliphatic carbocycles. The maximum atomic E-state index is 13.1. The van der Waals surface area contributed by atoms with Crippen molar-refractivity contribution >= 4 is 18.3 Å². The van der Waals surface area contributed by atoms with Crippen molar-refractivity contribution in [2.75, 3.05) is 13.1 Å². The highest BCUT2D eigenvalue weighted by atomic mass is 35.5. The van der Waals surface area contributed by atoms with Crippen molar-refractivity contribution in [1.82, 2.24) is 4.90 Å². The molecular weight excluding hydrogens is 341 g/mol. The standard InChI is InChI=1S/C17H23F3N2O.ClH/c1-11(14-5-3-4-6-15(14)17(18,19)20)7-16(23)22-10-13(9-21)8-12(22)2;/h3-6,11-13H,7-10,21H2,1-2H3;1H. The van der Waals surface area contributed by atoms with Crippen molar-refractivity contribution < 1.29 is 18.0 Å². The van der Waals surface area contributed by atoms with Gasteiger partial charge >= 0.3 is 6.18 Å². The number of hydrogen-bond donors (Lipinski definition) is 1. The van der Waals surface area contributed by atoms with Gasteiger partial charge in [-0.15, -0.1) is 12.4 Å². The van der Waals surface area contributed by atoms with Gasteiger partial charge in [0.2, 0.25) is 5.91 Å². The molecule has 2 N–H and O–H groups in total. The molecule has 136 valence electrons. The minimum absolute atomic E-state index is 0. The van der Waals surface area contributed by atoms with Crippen molar-refractivity contribution in [2.45, 2.75) is 44.8 Å². The van der Waals surface area contributed by atoms with E-state index in [0.717, 1.165) is 12.5 Å². The average molecular weight is 365 g/mol. The molecule has 1 aromatic carbocycles. The van der Waals surface area contributed by atoms with E-state index in [9.17, 15) is 18.0 Å². The van der Waals surface area contributed by atoms with Gasteiger partial charge in [0.1, 0.15) is 0 Å². The quantitative estimate of drug-likeness (QED) is 0.882. The van der Waals surface area contributed by atoms with Crippen LogP contribution in [0.15, 0.2) is 24.3 Å². The second-order valence-electron chi connectivity index (χ2n) is 6.42. The largest absolute Gasteiger partial charge is 0.416 e. The molecule has 0 aromatic heterocycles. The zero-order chi connectivity index (χ0) is 17.2. The molecule has 0 spiro atoms. The summed E-state index contributed by atoms with van der Waals surface area (Å²) in [5, 5.41) is 0. The summed E-state index contributed by atoms with van der Waals surface area (Å²) < 4.78 is 39.3. The monoisotopic (exact) mass is 364 g/mol. The van der Waals surface area contributed by atoms with Crippen LogP contribution < -0.4 is 5.73 Å². The van der Waals surface area contributed by atoms with Gasteiger partial charge in [-0.1, -0.05) is 25.1 Å². The molecule has 1 aliphatic rings. The van der Waals surface area contributed by atoms with Gasteiger partial charge in [-0.05, 0) is 43.4 Å². The SMILES string of the molecule is CC(CC(=O)N1CC(CN)CC1C)c1ccccc1C(F)(F)F.Cl. The third kappa shape index (κ3) is 4.63. The van der Waals surface area contributed by atoms with E-state index in [1.165, 1.54) is 12.1 Å². The Balaban J connectivity index is 0.00000288. The molecular formula is C17H24ClF3N2O. The Morgan fingerprint density at radius 1 is 1.38 bits per heavy atom. The fourth-order valence-corrected chi connectivity index (χ4v) is 3.33. The summed E-state index contributed by atoms with van der Waals surface area (Å²) in [4.78, 5) is 14.2. The van der Waals surface area contributed by atoms with Crippen LogP contribution in [-0.2, 0) is 11.0 Å². The molecule has 0 bridgehead atoms. The second-order valence-corrected chi connectivity index (χ2v) is 6.42. The van der Waals surface area contributed by atoms with Crippen LogP contribution in [0.2, 0.25) is 0 Å². The van der Waals surface area contributed by atoms with Crippen LogP contribution in [0, 0.1) is 5.92 Å². The Labute approximate surface area is 146 Å². The van der Waals surface area contributed by atoms with Gasteiger partial charge in [0.05, 0.1) is 5.56 Å². The number of nitrogens with zero attached hydrogens (tertiary/aromatic N) is 1. The van der Waals surface area contributed by atoms with Gasteiger partial charge in [-0.2, -0.15) is 13.2 Å². The Bertz CT molecular complexity index is 565. The Kier molecular flexibility index (Phi) is 7.10. The van der Waals surface area contributed by atoms with E-state index >= 15 is 0 Å². The van der Waals surface area contributed by atoms with Crippen LogP contribution in [0.3, 0.4) is 0 Å². The van der Waals surface area contributed by atoms with Gasteiger partial charge in [0.15, 0.2) is 0 Å². The molecule has 1 saturated heterocycles. The minimum Gasteiger partial charge on any atom is -0.340 e. The number of amides is 1. The smallest absolute Gasteiger partial charge is 0.340 e. The van der Waals surface area contributed by atoms with Gasteiger partial charge in [0, 0.05) is 19.0 Å². The van der Waals surface area contributed by atoms with Gasteiger partial charge < -0.3 is 10.6 Å². The first-order chi connectivity index (χ1) is 10.7. The fourth-order valence-electron chi connectivity index (χ4n) is 3.33. The second kappa shape index (κ2) is 8.21. The molecule has 1 heterocycles. The van der Waals surface area contributed by atoms with E-state index < -0.39 is 17.7 Å². The fraction of sp³-hybridized carbons (Fsp3) is 0.588. The van der Waals surface area contributed by atoms with E-state index in [-0.39, 0.29) is 42.3 Å². The highest BCUT2D eigenvalue weighted by Crippen LogP contribution is 2.36. The van der Waals surface area contributed by atoms with E-state index in [4.69, 9.17) is 5.73 Å². The molecule has 1 fully saturated rings. The van der Waals surface area contributed by atoms with E-state index in [1.807, 2.05) is 6.92 Å². The van der Waals surface area contributed by atoms with Gasteiger partial charge in [-0.25, -0.2) is 0 Å². The molecule has 1 aliphatic heterocycles. The molecule has 3 atom stereocenters. The van der Waals surface area contributed by atoms with Crippen molar-refractivity contribution in [2.24, 2.45) is 11.7 Å². The molecule has 7 heteroatoms. The van der Waals surface area contributed by atoms with E-state index in [1.54, 1.807) is 17.9 Å². The molecule has 0 saturated carbocycles. The highest BCUT2D eigenvalue weighted by molar-refractivity contribution is 5.85. The van der Waals surface area contributed by atoms with Crippen molar-refractivity contribution in [1.29, 1.82) is 0 Å². The van der Waals surface area contributed by atoms with Crippen molar-refractivity contribution in [3.05, 3.63) is 35.4 Å². The summed E-state index contributed by atoms with van der Waals surface area (Å²) in [6, 6.07) is 5.57. The lowest BCUT2D eigenvalue weighted by Gasteiger charge is -2.24. The molecule has 1 amide bonds. The summed E-state index contributed by atoms with van der Waals surface area (Å²) in [5.74, 6) is -0.297. The first-order valence-corrected chi connectivity index (χ1v) is 7.89. The maximum Gasteiger partial charge on any atom is 0.416 e. The number of carbonyl (C=O) groups excluding carboxylic acids is 1.